The average Bonchev–Trinajstić information content (AvgIpc) is 2.16. The molecule has 0 aliphatic carbocycles. The number of allylic oxidation sites excluding steroid dienone is 1. The Labute approximate surface area is 86.6 Å². The number of benzene rings is 1. The third-order valence-corrected chi connectivity index (χ3v) is 2.41. The standard InChI is InChI=1S/C11H11BrO/c1-2-3-10(8-13)9-4-6-11(12)7-5-9/h2,4-8,10H,1,3H2. The zero-order valence-electron chi connectivity index (χ0n) is 7.24. The van der Waals surface area contributed by atoms with E-state index in [1.165, 1.54) is 0 Å². The van der Waals surface area contributed by atoms with Gasteiger partial charge < -0.3 is 4.79 Å². The molecular weight excluding hydrogens is 228 g/mol. The van der Waals surface area contributed by atoms with Gasteiger partial charge in [0.2, 0.25) is 0 Å². The zero-order valence-corrected chi connectivity index (χ0v) is 8.83. The van der Waals surface area contributed by atoms with E-state index in [1.54, 1.807) is 6.08 Å². The minimum absolute atomic E-state index is 0.0504. The van der Waals surface area contributed by atoms with Gasteiger partial charge in [0.15, 0.2) is 0 Å². The van der Waals surface area contributed by atoms with Gasteiger partial charge in [-0.05, 0) is 24.1 Å². The van der Waals surface area contributed by atoms with Crippen molar-refractivity contribution in [3.8, 4) is 0 Å². The van der Waals surface area contributed by atoms with Gasteiger partial charge in [-0.15, -0.1) is 6.58 Å². The van der Waals surface area contributed by atoms with Crippen LogP contribution in [0.3, 0.4) is 0 Å². The lowest BCUT2D eigenvalue weighted by atomic mass is 9.98. The van der Waals surface area contributed by atoms with Crippen molar-refractivity contribution < 1.29 is 4.79 Å². The fourth-order valence-corrected chi connectivity index (χ4v) is 1.42. The Kier molecular flexibility index (Phi) is 3.90. The second-order valence-electron chi connectivity index (χ2n) is 2.82. The molecule has 0 aliphatic rings. The number of halogens is 1. The summed E-state index contributed by atoms with van der Waals surface area (Å²) in [6, 6.07) is 7.78. The lowest BCUT2D eigenvalue weighted by molar-refractivity contribution is -0.109. The van der Waals surface area contributed by atoms with E-state index in [2.05, 4.69) is 22.5 Å². The maximum absolute atomic E-state index is 10.7. The normalized spacial score (nSPS) is 12.1. The van der Waals surface area contributed by atoms with Crippen LogP contribution in [0.15, 0.2) is 41.4 Å². The Bertz CT molecular complexity index is 289. The first kappa shape index (κ1) is 10.2. The van der Waals surface area contributed by atoms with E-state index in [1.807, 2.05) is 24.3 Å². The largest absolute Gasteiger partial charge is 0.303 e. The molecule has 1 aromatic carbocycles. The molecule has 1 rings (SSSR count). The summed E-state index contributed by atoms with van der Waals surface area (Å²) in [6.45, 7) is 3.62. The molecule has 1 unspecified atom stereocenters. The SMILES string of the molecule is C=CCC(C=O)c1ccc(Br)cc1. The van der Waals surface area contributed by atoms with Crippen molar-refractivity contribution in [2.45, 2.75) is 12.3 Å². The van der Waals surface area contributed by atoms with Gasteiger partial charge in [0.1, 0.15) is 6.29 Å². The highest BCUT2D eigenvalue weighted by atomic mass is 79.9. The zero-order chi connectivity index (χ0) is 9.68. The smallest absolute Gasteiger partial charge is 0.127 e. The molecule has 0 aromatic heterocycles. The topological polar surface area (TPSA) is 17.1 Å². The monoisotopic (exact) mass is 238 g/mol. The van der Waals surface area contributed by atoms with Crippen LogP contribution in [0.1, 0.15) is 17.9 Å². The Hall–Kier alpha value is -0.890. The van der Waals surface area contributed by atoms with E-state index in [0.29, 0.717) is 6.42 Å². The van der Waals surface area contributed by atoms with Crippen LogP contribution in [-0.4, -0.2) is 6.29 Å². The number of hydrogen-bond acceptors (Lipinski definition) is 1. The Morgan fingerprint density at radius 2 is 2.00 bits per heavy atom. The van der Waals surface area contributed by atoms with Crippen molar-refractivity contribution in [3.63, 3.8) is 0 Å². The van der Waals surface area contributed by atoms with Crippen LogP contribution in [0.2, 0.25) is 0 Å². The lowest BCUT2D eigenvalue weighted by Gasteiger charge is -2.07. The van der Waals surface area contributed by atoms with Crippen LogP contribution in [0, 0.1) is 0 Å². The quantitative estimate of drug-likeness (QED) is 0.582. The Morgan fingerprint density at radius 1 is 1.38 bits per heavy atom. The van der Waals surface area contributed by atoms with Crippen LogP contribution in [0.5, 0.6) is 0 Å². The van der Waals surface area contributed by atoms with Crippen molar-refractivity contribution in [1.29, 1.82) is 0 Å². The van der Waals surface area contributed by atoms with Crippen molar-refractivity contribution in [3.05, 3.63) is 47.0 Å². The van der Waals surface area contributed by atoms with Gasteiger partial charge in [0, 0.05) is 10.4 Å². The van der Waals surface area contributed by atoms with E-state index in [4.69, 9.17) is 0 Å². The molecule has 0 N–H and O–H groups in total. The summed E-state index contributed by atoms with van der Waals surface area (Å²) < 4.78 is 1.03. The van der Waals surface area contributed by atoms with Crippen molar-refractivity contribution in [2.24, 2.45) is 0 Å². The molecule has 0 aliphatic heterocycles. The lowest BCUT2D eigenvalue weighted by Crippen LogP contribution is -1.97. The summed E-state index contributed by atoms with van der Waals surface area (Å²) in [5, 5.41) is 0. The molecule has 0 heterocycles. The van der Waals surface area contributed by atoms with Crippen LogP contribution < -0.4 is 0 Å². The molecule has 13 heavy (non-hydrogen) atoms. The third-order valence-electron chi connectivity index (χ3n) is 1.88. The molecule has 68 valence electrons. The second kappa shape index (κ2) is 4.97. The molecule has 0 saturated heterocycles. The molecule has 1 atom stereocenters. The van der Waals surface area contributed by atoms with E-state index < -0.39 is 0 Å². The molecule has 0 spiro atoms. The highest BCUT2D eigenvalue weighted by Crippen LogP contribution is 2.20. The van der Waals surface area contributed by atoms with Crippen LogP contribution >= 0.6 is 15.9 Å². The Morgan fingerprint density at radius 3 is 2.46 bits per heavy atom. The van der Waals surface area contributed by atoms with Gasteiger partial charge in [-0.3, -0.25) is 0 Å². The summed E-state index contributed by atoms with van der Waals surface area (Å²) in [7, 11) is 0. The summed E-state index contributed by atoms with van der Waals surface area (Å²) in [4.78, 5) is 10.7. The summed E-state index contributed by atoms with van der Waals surface area (Å²) >= 11 is 3.35. The number of carbonyl (C=O) groups is 1. The molecule has 2 heteroatoms. The fraction of sp³-hybridized carbons (Fsp3) is 0.182. The molecule has 0 bridgehead atoms. The van der Waals surface area contributed by atoms with E-state index in [0.717, 1.165) is 16.3 Å². The number of carbonyl (C=O) groups excluding carboxylic acids is 1. The van der Waals surface area contributed by atoms with Crippen LogP contribution in [-0.2, 0) is 4.79 Å². The number of hydrogen-bond donors (Lipinski definition) is 0. The van der Waals surface area contributed by atoms with Gasteiger partial charge in [-0.2, -0.15) is 0 Å². The Balaban J connectivity index is 2.84. The minimum Gasteiger partial charge on any atom is -0.303 e. The molecule has 1 aromatic rings. The predicted octanol–water partition coefficient (Wildman–Crippen LogP) is 3.31. The molecule has 0 radical (unpaired) electrons. The first-order chi connectivity index (χ1) is 6.27. The van der Waals surface area contributed by atoms with Gasteiger partial charge >= 0.3 is 0 Å². The van der Waals surface area contributed by atoms with Gasteiger partial charge in [0.25, 0.3) is 0 Å². The van der Waals surface area contributed by atoms with E-state index >= 15 is 0 Å². The third kappa shape index (κ3) is 2.81. The molecular formula is C11H11BrO. The second-order valence-corrected chi connectivity index (χ2v) is 3.73. The van der Waals surface area contributed by atoms with Gasteiger partial charge in [0.05, 0.1) is 0 Å². The number of aldehydes is 1. The minimum atomic E-state index is -0.0504. The molecule has 0 amide bonds. The van der Waals surface area contributed by atoms with Crippen LogP contribution in [0.25, 0.3) is 0 Å². The molecule has 1 nitrogen and oxygen atoms in total. The predicted molar refractivity (Wildman–Crippen MR) is 57.8 cm³/mol. The summed E-state index contributed by atoms with van der Waals surface area (Å²) in [5.74, 6) is -0.0504. The van der Waals surface area contributed by atoms with E-state index in [9.17, 15) is 4.79 Å². The summed E-state index contributed by atoms with van der Waals surface area (Å²) in [5.41, 5.74) is 1.04. The first-order valence-electron chi connectivity index (χ1n) is 4.09. The van der Waals surface area contributed by atoms with Crippen molar-refractivity contribution in [1.82, 2.24) is 0 Å². The highest BCUT2D eigenvalue weighted by Gasteiger charge is 2.07. The van der Waals surface area contributed by atoms with Gasteiger partial charge in [-0.1, -0.05) is 34.1 Å². The van der Waals surface area contributed by atoms with E-state index in [-0.39, 0.29) is 5.92 Å². The van der Waals surface area contributed by atoms with Crippen molar-refractivity contribution in [2.75, 3.05) is 0 Å². The maximum Gasteiger partial charge on any atom is 0.127 e. The first-order valence-corrected chi connectivity index (χ1v) is 4.89. The van der Waals surface area contributed by atoms with Gasteiger partial charge in [-0.25, -0.2) is 0 Å². The van der Waals surface area contributed by atoms with Crippen LogP contribution in [0.4, 0.5) is 0 Å². The summed E-state index contributed by atoms with van der Waals surface area (Å²) in [6.07, 6.45) is 3.43. The fourth-order valence-electron chi connectivity index (χ4n) is 1.16. The average molecular weight is 239 g/mol. The maximum atomic E-state index is 10.7. The van der Waals surface area contributed by atoms with Crippen molar-refractivity contribution >= 4 is 22.2 Å². The molecule has 0 fully saturated rings. The molecule has 0 saturated carbocycles. The highest BCUT2D eigenvalue weighted by molar-refractivity contribution is 9.10. The number of rotatable bonds is 4.